The lowest BCUT2D eigenvalue weighted by atomic mass is 10.2. The monoisotopic (exact) mass is 371 g/mol. The fraction of sp³-hybridized carbons (Fsp3) is 0.263. The molecular weight excluding hydrogens is 350 g/mol. The Labute approximate surface area is 152 Å². The Morgan fingerprint density at radius 1 is 1.08 bits per heavy atom. The fourth-order valence-electron chi connectivity index (χ4n) is 2.67. The second kappa shape index (κ2) is 7.29. The van der Waals surface area contributed by atoms with Crippen LogP contribution >= 0.6 is 0 Å². The van der Waals surface area contributed by atoms with Crippen molar-refractivity contribution in [3.63, 3.8) is 0 Å². The number of aromatic nitrogens is 2. The molecule has 0 saturated carbocycles. The molecule has 0 bridgehead atoms. The van der Waals surface area contributed by atoms with Crippen LogP contribution in [0.15, 0.2) is 58.2 Å². The van der Waals surface area contributed by atoms with Gasteiger partial charge in [0.2, 0.25) is 5.82 Å². The first-order valence-corrected chi connectivity index (χ1v) is 9.96. The number of fused-ring (bicyclic) bond motifs is 1. The predicted molar refractivity (Wildman–Crippen MR) is 103 cm³/mol. The van der Waals surface area contributed by atoms with E-state index < -0.39 is 15.6 Å². The summed E-state index contributed by atoms with van der Waals surface area (Å²) in [5, 5.41) is 0. The Bertz CT molecular complexity index is 1070. The maximum absolute atomic E-state index is 13.2. The number of anilines is 1. The molecule has 0 saturated heterocycles. The number of nitrogens with one attached hydrogen (secondary N) is 1. The zero-order valence-electron chi connectivity index (χ0n) is 14.8. The molecule has 1 N–H and O–H groups in total. The molecule has 0 aliphatic carbocycles. The Hall–Kier alpha value is -2.67. The van der Waals surface area contributed by atoms with Crippen molar-refractivity contribution in [3.05, 3.63) is 64.4 Å². The number of hydrogen-bond donors (Lipinski definition) is 1. The predicted octanol–water partition coefficient (Wildman–Crippen LogP) is 3.23. The van der Waals surface area contributed by atoms with Crippen LogP contribution < -0.4 is 9.86 Å². The molecule has 6 nitrogen and oxygen atoms in total. The minimum Gasteiger partial charge on any atom is -0.317 e. The summed E-state index contributed by atoms with van der Waals surface area (Å²) >= 11 is 0. The molecule has 136 valence electrons. The molecule has 3 rings (SSSR count). The Balaban J connectivity index is 2.15. The van der Waals surface area contributed by atoms with Crippen molar-refractivity contribution in [2.24, 2.45) is 0 Å². The van der Waals surface area contributed by atoms with Crippen LogP contribution in [-0.4, -0.2) is 24.9 Å². The number of rotatable bonds is 6. The summed E-state index contributed by atoms with van der Waals surface area (Å²) in [4.78, 5) is 19.8. The van der Waals surface area contributed by atoms with Crippen LogP contribution in [0.25, 0.3) is 11.0 Å². The van der Waals surface area contributed by atoms with E-state index in [2.05, 4.69) is 9.97 Å². The van der Waals surface area contributed by atoms with Crippen LogP contribution in [0.1, 0.15) is 25.3 Å². The van der Waals surface area contributed by atoms with E-state index in [-0.39, 0.29) is 17.3 Å². The number of nitrogens with zero attached hydrogens (tertiary/aromatic N) is 2. The van der Waals surface area contributed by atoms with Crippen LogP contribution in [0.2, 0.25) is 0 Å². The third-order valence-electron chi connectivity index (χ3n) is 4.14. The number of aryl methyl sites for hydroxylation is 1. The van der Waals surface area contributed by atoms with Crippen LogP contribution in [-0.2, 0) is 10.0 Å². The zero-order chi connectivity index (χ0) is 18.7. The van der Waals surface area contributed by atoms with Crippen molar-refractivity contribution in [3.8, 4) is 0 Å². The van der Waals surface area contributed by atoms with Crippen LogP contribution in [0, 0.1) is 6.92 Å². The first-order valence-electron chi connectivity index (χ1n) is 8.52. The summed E-state index contributed by atoms with van der Waals surface area (Å²) in [7, 11) is -3.88. The number of H-pyrrole nitrogens is 1. The minimum atomic E-state index is -3.88. The van der Waals surface area contributed by atoms with Crippen molar-refractivity contribution in [2.45, 2.75) is 31.6 Å². The van der Waals surface area contributed by atoms with Crippen LogP contribution in [0.5, 0.6) is 0 Å². The second-order valence-corrected chi connectivity index (χ2v) is 8.01. The normalized spacial score (nSPS) is 11.6. The third-order valence-corrected chi connectivity index (χ3v) is 5.95. The zero-order valence-corrected chi connectivity index (χ0v) is 15.6. The lowest BCUT2D eigenvalue weighted by Crippen LogP contribution is -2.37. The summed E-state index contributed by atoms with van der Waals surface area (Å²) in [5.74, 6) is -0.0993. The maximum atomic E-state index is 13.2. The number of aromatic amines is 1. The lowest BCUT2D eigenvalue weighted by molar-refractivity contribution is 0.587. The smallest absolute Gasteiger partial charge is 0.292 e. The summed E-state index contributed by atoms with van der Waals surface area (Å²) in [6, 6.07) is 13.6. The van der Waals surface area contributed by atoms with Crippen LogP contribution in [0.3, 0.4) is 0 Å². The van der Waals surface area contributed by atoms with Gasteiger partial charge in [-0.2, -0.15) is 0 Å². The molecule has 0 radical (unpaired) electrons. The molecule has 1 heterocycles. The quantitative estimate of drug-likeness (QED) is 0.721. The second-order valence-electron chi connectivity index (χ2n) is 6.15. The first-order chi connectivity index (χ1) is 12.4. The van der Waals surface area contributed by atoms with Gasteiger partial charge in [-0.1, -0.05) is 43.2 Å². The van der Waals surface area contributed by atoms with Gasteiger partial charge in [-0.25, -0.2) is 17.7 Å². The van der Waals surface area contributed by atoms with Gasteiger partial charge >= 0.3 is 0 Å². The fourth-order valence-corrected chi connectivity index (χ4v) is 4.12. The van der Waals surface area contributed by atoms with E-state index in [0.29, 0.717) is 17.5 Å². The summed E-state index contributed by atoms with van der Waals surface area (Å²) in [6.07, 6.45) is 1.42. The summed E-state index contributed by atoms with van der Waals surface area (Å²) < 4.78 is 27.5. The molecule has 0 aliphatic heterocycles. The number of benzene rings is 2. The summed E-state index contributed by atoms with van der Waals surface area (Å²) in [6.45, 7) is 4.05. The Morgan fingerprint density at radius 3 is 2.46 bits per heavy atom. The average Bonchev–Trinajstić information content (AvgIpc) is 2.62. The van der Waals surface area contributed by atoms with Crippen molar-refractivity contribution < 1.29 is 8.42 Å². The lowest BCUT2D eigenvalue weighted by Gasteiger charge is -2.23. The van der Waals surface area contributed by atoms with E-state index in [1.54, 1.807) is 48.5 Å². The van der Waals surface area contributed by atoms with Crippen LogP contribution in [0.4, 0.5) is 5.82 Å². The van der Waals surface area contributed by atoms with E-state index >= 15 is 0 Å². The topological polar surface area (TPSA) is 83.1 Å². The van der Waals surface area contributed by atoms with Gasteiger partial charge in [-0.3, -0.25) is 4.79 Å². The molecule has 0 aliphatic rings. The molecule has 2 aromatic carbocycles. The highest BCUT2D eigenvalue weighted by molar-refractivity contribution is 7.92. The highest BCUT2D eigenvalue weighted by Gasteiger charge is 2.28. The Kier molecular flexibility index (Phi) is 5.08. The van der Waals surface area contributed by atoms with Crippen molar-refractivity contribution in [1.29, 1.82) is 0 Å². The average molecular weight is 371 g/mol. The summed E-state index contributed by atoms with van der Waals surface area (Å²) in [5.41, 5.74) is 1.56. The molecule has 0 amide bonds. The van der Waals surface area contributed by atoms with E-state index in [9.17, 15) is 13.2 Å². The van der Waals surface area contributed by atoms with Gasteiger partial charge < -0.3 is 4.98 Å². The van der Waals surface area contributed by atoms with E-state index in [1.807, 2.05) is 13.8 Å². The molecule has 0 spiro atoms. The standard InChI is InChI=1S/C19H21N3O3S/c1-3-4-13-22(26(24,25)15-11-9-14(2)10-12-15)18-19(23)21-17-8-6-5-7-16(17)20-18/h5-12H,3-4,13H2,1-2H3,(H,21,23). The Morgan fingerprint density at radius 2 is 1.77 bits per heavy atom. The van der Waals surface area contributed by atoms with Gasteiger partial charge in [0, 0.05) is 6.54 Å². The maximum Gasteiger partial charge on any atom is 0.292 e. The molecule has 0 atom stereocenters. The van der Waals surface area contributed by atoms with Crippen molar-refractivity contribution >= 4 is 26.9 Å². The van der Waals surface area contributed by atoms with E-state index in [0.717, 1.165) is 16.3 Å². The van der Waals surface area contributed by atoms with Gasteiger partial charge in [0.1, 0.15) is 0 Å². The molecule has 0 fully saturated rings. The SMILES string of the molecule is CCCCN(c1nc2ccccc2[nH]c1=O)S(=O)(=O)c1ccc(C)cc1. The molecular formula is C19H21N3O3S. The molecule has 7 heteroatoms. The number of sulfonamides is 1. The van der Waals surface area contributed by atoms with Gasteiger partial charge in [0.05, 0.1) is 15.9 Å². The van der Waals surface area contributed by atoms with E-state index in [4.69, 9.17) is 0 Å². The van der Waals surface area contributed by atoms with E-state index in [1.165, 1.54) is 0 Å². The largest absolute Gasteiger partial charge is 0.317 e. The molecule has 3 aromatic rings. The van der Waals surface area contributed by atoms with Gasteiger partial charge in [-0.15, -0.1) is 0 Å². The van der Waals surface area contributed by atoms with Gasteiger partial charge in [0.15, 0.2) is 0 Å². The molecule has 26 heavy (non-hydrogen) atoms. The molecule has 0 unspecified atom stereocenters. The minimum absolute atomic E-state index is 0.0993. The number of para-hydroxylation sites is 2. The van der Waals surface area contributed by atoms with Gasteiger partial charge in [0.25, 0.3) is 15.6 Å². The highest BCUT2D eigenvalue weighted by atomic mass is 32.2. The van der Waals surface area contributed by atoms with Crippen molar-refractivity contribution in [1.82, 2.24) is 9.97 Å². The first kappa shape index (κ1) is 18.1. The number of unbranched alkanes of at least 4 members (excludes halogenated alkanes) is 1. The van der Waals surface area contributed by atoms with Gasteiger partial charge in [-0.05, 0) is 37.6 Å². The third kappa shape index (κ3) is 3.48. The highest BCUT2D eigenvalue weighted by Crippen LogP contribution is 2.22. The van der Waals surface area contributed by atoms with Crippen molar-refractivity contribution in [2.75, 3.05) is 10.8 Å². The number of hydrogen-bond acceptors (Lipinski definition) is 4. The molecule has 1 aromatic heterocycles.